The van der Waals surface area contributed by atoms with Crippen LogP contribution in [-0.4, -0.2) is 29.1 Å². The van der Waals surface area contributed by atoms with Crippen molar-refractivity contribution in [3.05, 3.63) is 58.1 Å². The average Bonchev–Trinajstić information content (AvgIpc) is 2.67. The lowest BCUT2D eigenvalue weighted by Gasteiger charge is -2.22. The maximum atomic E-state index is 10.8. The van der Waals surface area contributed by atoms with E-state index in [4.69, 9.17) is 10.4 Å². The molecule has 0 spiro atoms. The summed E-state index contributed by atoms with van der Waals surface area (Å²) in [7, 11) is 0. The van der Waals surface area contributed by atoms with E-state index in [2.05, 4.69) is 10.2 Å². The second kappa shape index (κ2) is 9.05. The first-order valence-corrected chi connectivity index (χ1v) is 8.11. The lowest BCUT2D eigenvalue weighted by Crippen LogP contribution is -2.25. The van der Waals surface area contributed by atoms with Gasteiger partial charge in [-0.15, -0.1) is 5.11 Å². The van der Waals surface area contributed by atoms with Crippen LogP contribution in [0, 0.1) is 21.4 Å². The molecule has 0 saturated heterocycles. The molecule has 2 rings (SSSR count). The first-order chi connectivity index (χ1) is 12.9. The van der Waals surface area contributed by atoms with Crippen molar-refractivity contribution >= 4 is 28.7 Å². The van der Waals surface area contributed by atoms with E-state index in [1.807, 2.05) is 17.9 Å². The van der Waals surface area contributed by atoms with Crippen molar-refractivity contribution < 1.29 is 14.8 Å². The van der Waals surface area contributed by atoms with Crippen molar-refractivity contribution in [2.75, 3.05) is 18.0 Å². The molecule has 0 fully saturated rings. The van der Waals surface area contributed by atoms with Crippen LogP contribution in [0.25, 0.3) is 0 Å². The van der Waals surface area contributed by atoms with E-state index in [0.717, 1.165) is 11.8 Å². The number of nitro benzene ring substituents is 1. The van der Waals surface area contributed by atoms with Gasteiger partial charge in [-0.25, -0.2) is 0 Å². The highest BCUT2D eigenvalue weighted by atomic mass is 16.6. The Kier molecular flexibility index (Phi) is 6.55. The number of hydrogen-bond donors (Lipinski definition) is 1. The lowest BCUT2D eigenvalue weighted by molar-refractivity contribution is -0.384. The molecule has 0 unspecified atom stereocenters. The molecule has 138 valence electrons. The van der Waals surface area contributed by atoms with Gasteiger partial charge >= 0.3 is 5.97 Å². The summed E-state index contributed by atoms with van der Waals surface area (Å²) in [5.41, 5.74) is 1.52. The van der Waals surface area contributed by atoms with E-state index in [0.29, 0.717) is 18.8 Å². The Bertz CT molecular complexity index is 903. The molecule has 1 N–H and O–H groups in total. The molecule has 0 heterocycles. The molecule has 9 nitrogen and oxygen atoms in total. The fraction of sp³-hybridized carbons (Fsp3) is 0.222. The number of non-ortho nitro benzene ring substituents is 1. The predicted molar refractivity (Wildman–Crippen MR) is 98.6 cm³/mol. The normalized spacial score (nSPS) is 10.5. The van der Waals surface area contributed by atoms with Crippen LogP contribution in [0.15, 0.2) is 52.7 Å². The van der Waals surface area contributed by atoms with Crippen LogP contribution in [0.2, 0.25) is 0 Å². The largest absolute Gasteiger partial charge is 0.481 e. The van der Waals surface area contributed by atoms with E-state index >= 15 is 0 Å². The van der Waals surface area contributed by atoms with E-state index in [9.17, 15) is 14.9 Å². The topological polar surface area (TPSA) is 132 Å². The molecule has 2 aromatic carbocycles. The van der Waals surface area contributed by atoms with E-state index in [-0.39, 0.29) is 23.4 Å². The summed E-state index contributed by atoms with van der Waals surface area (Å²) < 4.78 is 0. The number of rotatable bonds is 8. The Balaban J connectivity index is 2.15. The Morgan fingerprint density at radius 3 is 2.52 bits per heavy atom. The Labute approximate surface area is 155 Å². The zero-order valence-corrected chi connectivity index (χ0v) is 14.6. The van der Waals surface area contributed by atoms with Crippen molar-refractivity contribution in [2.24, 2.45) is 10.2 Å². The monoisotopic (exact) mass is 367 g/mol. The fourth-order valence-electron chi connectivity index (χ4n) is 2.36. The van der Waals surface area contributed by atoms with E-state index in [1.54, 1.807) is 24.3 Å². The number of azo groups is 1. The number of nitrogens with zero attached hydrogens (tertiary/aromatic N) is 5. The van der Waals surface area contributed by atoms with Crippen molar-refractivity contribution in [3.63, 3.8) is 0 Å². The van der Waals surface area contributed by atoms with Gasteiger partial charge in [-0.1, -0.05) is 0 Å². The van der Waals surface area contributed by atoms with Crippen LogP contribution in [0.4, 0.5) is 22.7 Å². The van der Waals surface area contributed by atoms with Gasteiger partial charge in [0.05, 0.1) is 22.6 Å². The van der Waals surface area contributed by atoms with E-state index in [1.165, 1.54) is 12.1 Å². The highest BCUT2D eigenvalue weighted by Crippen LogP contribution is 2.27. The third-order valence-corrected chi connectivity index (χ3v) is 3.78. The molecule has 0 aliphatic heterocycles. The number of carbonyl (C=O) groups is 1. The van der Waals surface area contributed by atoms with Crippen molar-refractivity contribution in [3.8, 4) is 6.07 Å². The SMILES string of the molecule is CCN(CCC(=O)O)c1ccc(N=Nc2ccc([N+](=O)[O-])cc2C#N)cc1. The molecule has 0 atom stereocenters. The summed E-state index contributed by atoms with van der Waals surface area (Å²) >= 11 is 0. The van der Waals surface area contributed by atoms with Crippen LogP contribution in [0.5, 0.6) is 0 Å². The summed E-state index contributed by atoms with van der Waals surface area (Å²) in [6, 6.07) is 12.7. The summed E-state index contributed by atoms with van der Waals surface area (Å²) in [6.07, 6.45) is 0.0480. The number of hydrogen-bond acceptors (Lipinski definition) is 7. The number of carboxylic acid groups (broad SMARTS) is 1. The molecule has 0 aliphatic carbocycles. The fourth-order valence-corrected chi connectivity index (χ4v) is 2.36. The quantitative estimate of drug-likeness (QED) is 0.423. The molecular weight excluding hydrogens is 350 g/mol. The number of carboxylic acids is 1. The molecule has 27 heavy (non-hydrogen) atoms. The van der Waals surface area contributed by atoms with Gasteiger partial charge in [0.25, 0.3) is 5.69 Å². The van der Waals surface area contributed by atoms with Crippen molar-refractivity contribution in [2.45, 2.75) is 13.3 Å². The van der Waals surface area contributed by atoms with Gasteiger partial charge in [-0.05, 0) is 37.3 Å². The highest BCUT2D eigenvalue weighted by molar-refractivity contribution is 5.67. The molecule has 0 saturated carbocycles. The minimum atomic E-state index is -0.852. The van der Waals surface area contributed by atoms with Crippen LogP contribution in [0.1, 0.15) is 18.9 Å². The van der Waals surface area contributed by atoms with Gasteiger partial charge in [0, 0.05) is 30.9 Å². The first kappa shape index (κ1) is 19.5. The van der Waals surface area contributed by atoms with Gasteiger partial charge in [-0.3, -0.25) is 14.9 Å². The molecule has 9 heteroatoms. The number of benzene rings is 2. The summed E-state index contributed by atoms with van der Waals surface area (Å²) in [5, 5.41) is 36.7. The second-order valence-electron chi connectivity index (χ2n) is 5.51. The molecule has 0 aromatic heterocycles. The molecule has 2 aromatic rings. The van der Waals surface area contributed by atoms with Crippen LogP contribution < -0.4 is 4.90 Å². The Hall–Kier alpha value is -3.80. The van der Waals surface area contributed by atoms with Crippen molar-refractivity contribution in [1.29, 1.82) is 5.26 Å². The third kappa shape index (κ3) is 5.34. The average molecular weight is 367 g/mol. The lowest BCUT2D eigenvalue weighted by atomic mass is 10.2. The maximum Gasteiger partial charge on any atom is 0.305 e. The standard InChI is InChI=1S/C18H17N5O4/c1-2-22(10-9-18(24)25)15-5-3-14(4-6-15)20-21-17-8-7-16(23(26)27)11-13(17)12-19/h3-8,11H,2,9-10H2,1H3,(H,24,25). The van der Waals surface area contributed by atoms with Gasteiger partial charge in [-0.2, -0.15) is 10.4 Å². The van der Waals surface area contributed by atoms with Crippen LogP contribution >= 0.6 is 0 Å². The number of nitriles is 1. The second-order valence-corrected chi connectivity index (χ2v) is 5.51. The van der Waals surface area contributed by atoms with Gasteiger partial charge in [0.1, 0.15) is 11.8 Å². The Morgan fingerprint density at radius 2 is 1.96 bits per heavy atom. The predicted octanol–water partition coefficient (Wildman–Crippen LogP) is 4.18. The molecule has 0 amide bonds. The highest BCUT2D eigenvalue weighted by Gasteiger charge is 2.10. The molecule has 0 bridgehead atoms. The molecule has 0 radical (unpaired) electrons. The van der Waals surface area contributed by atoms with Crippen LogP contribution in [-0.2, 0) is 4.79 Å². The zero-order valence-electron chi connectivity index (χ0n) is 14.6. The minimum absolute atomic E-state index is 0.0480. The van der Waals surface area contributed by atoms with Crippen LogP contribution in [0.3, 0.4) is 0 Å². The summed E-state index contributed by atoms with van der Waals surface area (Å²) in [6.45, 7) is 3.01. The summed E-state index contributed by atoms with van der Waals surface area (Å²) in [4.78, 5) is 22.8. The minimum Gasteiger partial charge on any atom is -0.481 e. The Morgan fingerprint density at radius 1 is 1.26 bits per heavy atom. The van der Waals surface area contributed by atoms with Crippen molar-refractivity contribution in [1.82, 2.24) is 0 Å². The number of aliphatic carboxylic acids is 1. The first-order valence-electron chi connectivity index (χ1n) is 8.11. The summed E-state index contributed by atoms with van der Waals surface area (Å²) in [5.74, 6) is -0.852. The molecule has 0 aliphatic rings. The zero-order chi connectivity index (χ0) is 19.8. The van der Waals surface area contributed by atoms with E-state index < -0.39 is 10.9 Å². The molecular formula is C18H17N5O4. The smallest absolute Gasteiger partial charge is 0.305 e. The maximum absolute atomic E-state index is 10.8. The van der Waals surface area contributed by atoms with Gasteiger partial charge in [0.2, 0.25) is 0 Å². The third-order valence-electron chi connectivity index (χ3n) is 3.78. The number of anilines is 1. The van der Waals surface area contributed by atoms with Gasteiger partial charge < -0.3 is 10.0 Å². The number of nitro groups is 1. The van der Waals surface area contributed by atoms with Gasteiger partial charge in [0.15, 0.2) is 0 Å².